The molecule has 0 aromatic heterocycles. The van der Waals surface area contributed by atoms with Crippen LogP contribution in [0.15, 0.2) is 11.6 Å². The Bertz CT molecular complexity index is 1910. The van der Waals surface area contributed by atoms with Gasteiger partial charge in [0, 0.05) is 0 Å². The summed E-state index contributed by atoms with van der Waals surface area (Å²) in [6.07, 6.45) is -20.5. The summed E-state index contributed by atoms with van der Waals surface area (Å²) in [4.78, 5) is 39.8. The van der Waals surface area contributed by atoms with Crippen LogP contribution in [0, 0.1) is 50.2 Å². The van der Waals surface area contributed by atoms with E-state index in [4.69, 9.17) is 28.4 Å². The average molecular weight is 957 g/mol. The summed E-state index contributed by atoms with van der Waals surface area (Å²) in [7, 11) is 0. The van der Waals surface area contributed by atoms with Gasteiger partial charge in [-0.3, -0.25) is 4.79 Å². The largest absolute Gasteiger partial charge is 0.481 e. The number of allylic oxidation sites excluding steroid dienone is 2. The summed E-state index contributed by atoms with van der Waals surface area (Å²) >= 11 is 0. The number of aliphatic carboxylic acids is 2. The van der Waals surface area contributed by atoms with Crippen molar-refractivity contribution in [2.75, 3.05) is 13.2 Å². The molecule has 7 fully saturated rings. The van der Waals surface area contributed by atoms with Crippen molar-refractivity contribution < 1.29 is 99.0 Å². The Labute approximate surface area is 389 Å². The molecule has 8 rings (SSSR count). The van der Waals surface area contributed by atoms with Crippen molar-refractivity contribution in [3.63, 3.8) is 0 Å². The minimum atomic E-state index is -2.14. The molecule has 11 N–H and O–H groups in total. The molecular formula is C47H72O20. The van der Waals surface area contributed by atoms with Gasteiger partial charge in [0.1, 0.15) is 72.7 Å². The van der Waals surface area contributed by atoms with Crippen molar-refractivity contribution in [1.82, 2.24) is 0 Å². The quantitative estimate of drug-likeness (QED) is 0.0753. The van der Waals surface area contributed by atoms with E-state index in [9.17, 15) is 70.6 Å². The first-order valence-corrected chi connectivity index (χ1v) is 23.8. The maximum Gasteiger partial charge on any atom is 0.335 e. The fourth-order valence-corrected chi connectivity index (χ4v) is 14.8. The number of carboxylic acid groups (broad SMARTS) is 2. The summed E-state index contributed by atoms with van der Waals surface area (Å²) in [5, 5.41) is 118. The monoisotopic (exact) mass is 956 g/mol. The average Bonchev–Trinajstić information content (AvgIpc) is 3.26. The van der Waals surface area contributed by atoms with Crippen LogP contribution in [0.2, 0.25) is 0 Å². The van der Waals surface area contributed by atoms with Crippen molar-refractivity contribution in [2.24, 2.45) is 50.2 Å². The Morgan fingerprint density at radius 3 is 2.04 bits per heavy atom. The maximum atomic E-state index is 13.8. The molecule has 9 unspecified atom stereocenters. The molecule has 0 aromatic carbocycles. The second kappa shape index (κ2) is 17.8. The predicted molar refractivity (Wildman–Crippen MR) is 227 cm³/mol. The zero-order chi connectivity index (χ0) is 49.1. The first-order valence-electron chi connectivity index (χ1n) is 23.8. The lowest BCUT2D eigenvalue weighted by atomic mass is 9.33. The van der Waals surface area contributed by atoms with E-state index in [0.29, 0.717) is 44.9 Å². The van der Waals surface area contributed by atoms with Gasteiger partial charge in [0.2, 0.25) is 0 Å². The zero-order valence-electron chi connectivity index (χ0n) is 39.0. The standard InChI is InChI=1S/C47H72O20/c1-42(2)13-14-47(41(60)61)21(15-42)20-7-8-25-43(3)11-10-27(44(4,19-49)24(43)9-12-45(25,5)46(20,6)16-26(47)51)64-40-36(67-39-32(56)30(54)29(53)23(17-48)63-39)34(33(57)35(66-40)37(58)59)65-38-31(55)28(52)22(50)18-62-38/h7,19,21-36,38-40,48,50-57H,8-18H2,1-6H3,(H,58,59)(H,60,61)/t21?,22-,23?,24-,25?,26?,27+,28+,29+,30+,31?,32?,33+,34+,35?,36?,38+,39+,40-,43?,44-,45+,46-,47-/m1/s1. The third-order valence-electron chi connectivity index (χ3n) is 18.9. The van der Waals surface area contributed by atoms with E-state index in [1.807, 2.05) is 0 Å². The van der Waals surface area contributed by atoms with E-state index in [2.05, 4.69) is 40.7 Å². The molecular weight excluding hydrogens is 884 g/mol. The van der Waals surface area contributed by atoms with Gasteiger partial charge < -0.3 is 89.4 Å². The van der Waals surface area contributed by atoms with Gasteiger partial charge in [0.25, 0.3) is 0 Å². The summed E-state index contributed by atoms with van der Waals surface area (Å²) in [6.45, 7) is 11.3. The highest BCUT2D eigenvalue weighted by Gasteiger charge is 2.72. The van der Waals surface area contributed by atoms with Crippen LogP contribution in [-0.2, 0) is 42.8 Å². The second-order valence-corrected chi connectivity index (χ2v) is 22.8. The number of hydrogen-bond acceptors (Lipinski definition) is 18. The van der Waals surface area contributed by atoms with Crippen LogP contribution in [0.1, 0.15) is 99.3 Å². The smallest absolute Gasteiger partial charge is 0.335 e. The molecule has 0 aromatic rings. The zero-order valence-corrected chi connectivity index (χ0v) is 39.0. The molecule has 20 heteroatoms. The van der Waals surface area contributed by atoms with Crippen LogP contribution in [0.3, 0.4) is 0 Å². The Balaban J connectivity index is 1.13. The van der Waals surface area contributed by atoms with Gasteiger partial charge in [0.05, 0.1) is 30.8 Å². The number of aliphatic hydroxyl groups excluding tert-OH is 9. The van der Waals surface area contributed by atoms with E-state index in [1.165, 1.54) is 0 Å². The van der Waals surface area contributed by atoms with Crippen molar-refractivity contribution >= 4 is 18.2 Å². The highest BCUT2D eigenvalue weighted by atomic mass is 16.8. The maximum absolute atomic E-state index is 13.8. The van der Waals surface area contributed by atoms with Crippen LogP contribution < -0.4 is 0 Å². The highest BCUT2D eigenvalue weighted by Crippen LogP contribution is 2.76. The minimum Gasteiger partial charge on any atom is -0.481 e. The van der Waals surface area contributed by atoms with E-state index in [0.717, 1.165) is 11.9 Å². The number of fused-ring (bicyclic) bond motifs is 7. The van der Waals surface area contributed by atoms with Crippen molar-refractivity contribution in [1.29, 1.82) is 0 Å². The minimum absolute atomic E-state index is 0.0258. The van der Waals surface area contributed by atoms with Gasteiger partial charge in [-0.1, -0.05) is 53.2 Å². The lowest BCUT2D eigenvalue weighted by Gasteiger charge is -2.71. The van der Waals surface area contributed by atoms with E-state index >= 15 is 0 Å². The molecule has 3 saturated heterocycles. The fourth-order valence-electron chi connectivity index (χ4n) is 14.8. The van der Waals surface area contributed by atoms with Gasteiger partial charge in [-0.05, 0) is 97.2 Å². The first kappa shape index (κ1) is 51.1. The fraction of sp³-hybridized carbons (Fsp3) is 0.894. The Hall–Kier alpha value is -2.25. The predicted octanol–water partition coefficient (Wildman–Crippen LogP) is -0.413. The lowest BCUT2D eigenvalue weighted by Crippen LogP contribution is -2.69. The SMILES string of the molecule is CC1(C)CC[C@]2(C(=O)O)C(O)C[C@]3(C)C(=CCC4C5(C)CC[C@H](O[C@@H]6OC(C(=O)O)[C@@H](O)[C@H](O[C@@H]7OC[C@@H](O)[C@H](O)C7O)C6O[C@@H]6OC(CO)[C@H](O)[C@H](O)C6O)[C@](C)(C=O)[C@@H]5CC[C@@]43C)C2C1. The third-order valence-corrected chi connectivity index (χ3v) is 18.9. The third kappa shape index (κ3) is 7.78. The summed E-state index contributed by atoms with van der Waals surface area (Å²) in [5.41, 5.74) is -3.10. The number of carbonyl (C=O) groups is 3. The molecule has 3 heterocycles. The molecule has 4 saturated carbocycles. The van der Waals surface area contributed by atoms with Gasteiger partial charge >= 0.3 is 11.9 Å². The van der Waals surface area contributed by atoms with Gasteiger partial charge in [-0.2, -0.15) is 0 Å². The number of aldehydes is 1. The molecule has 0 amide bonds. The normalized spacial score (nSPS) is 54.0. The molecule has 0 radical (unpaired) electrons. The van der Waals surface area contributed by atoms with Crippen LogP contribution in [-0.4, -0.2) is 186 Å². The van der Waals surface area contributed by atoms with Crippen LogP contribution >= 0.6 is 0 Å². The van der Waals surface area contributed by atoms with Crippen LogP contribution in [0.4, 0.5) is 0 Å². The summed E-state index contributed by atoms with van der Waals surface area (Å²) < 4.78 is 35.9. The molecule has 3 aliphatic heterocycles. The Morgan fingerprint density at radius 2 is 1.40 bits per heavy atom. The second-order valence-electron chi connectivity index (χ2n) is 22.8. The summed E-state index contributed by atoms with van der Waals surface area (Å²) in [6, 6.07) is 0. The molecule has 5 aliphatic carbocycles. The number of rotatable bonds is 10. The molecule has 380 valence electrons. The van der Waals surface area contributed by atoms with Crippen molar-refractivity contribution in [3.05, 3.63) is 11.6 Å². The number of hydrogen-bond donors (Lipinski definition) is 11. The Kier molecular flexibility index (Phi) is 13.6. The highest BCUT2D eigenvalue weighted by molar-refractivity contribution is 5.78. The molecule has 20 nitrogen and oxygen atoms in total. The number of aliphatic hydroxyl groups is 9. The van der Waals surface area contributed by atoms with Crippen molar-refractivity contribution in [2.45, 2.75) is 198 Å². The number of ether oxygens (including phenoxy) is 6. The lowest BCUT2D eigenvalue weighted by molar-refractivity contribution is -0.391. The number of carboxylic acids is 2. The van der Waals surface area contributed by atoms with E-state index in [-0.39, 0.29) is 36.0 Å². The van der Waals surface area contributed by atoms with Gasteiger partial charge in [0.15, 0.2) is 25.0 Å². The Morgan fingerprint density at radius 1 is 0.731 bits per heavy atom. The van der Waals surface area contributed by atoms with Gasteiger partial charge in [-0.15, -0.1) is 0 Å². The molecule has 8 aliphatic rings. The van der Waals surface area contributed by atoms with Crippen LogP contribution in [0.25, 0.3) is 0 Å². The van der Waals surface area contributed by atoms with Gasteiger partial charge in [-0.25, -0.2) is 4.79 Å². The van der Waals surface area contributed by atoms with E-state index < -0.39 is 150 Å². The molecule has 0 spiro atoms. The van der Waals surface area contributed by atoms with Crippen molar-refractivity contribution in [3.8, 4) is 0 Å². The number of carbonyl (C=O) groups excluding carboxylic acids is 1. The first-order chi connectivity index (χ1) is 31.3. The van der Waals surface area contributed by atoms with Crippen LogP contribution in [0.5, 0.6) is 0 Å². The molecule has 0 bridgehead atoms. The topological polar surface area (TPSA) is 329 Å². The van der Waals surface area contributed by atoms with E-state index in [1.54, 1.807) is 6.92 Å². The summed E-state index contributed by atoms with van der Waals surface area (Å²) in [5.74, 6) is -3.36. The molecule has 24 atom stereocenters. The molecule has 67 heavy (non-hydrogen) atoms.